The lowest BCUT2D eigenvalue weighted by Gasteiger charge is -2.30. The molecule has 3 fully saturated rings. The predicted octanol–water partition coefficient (Wildman–Crippen LogP) is 5.67. The molecular weight excluding hydrogens is 487 g/mol. The molecule has 2 aromatic carbocycles. The summed E-state index contributed by atoms with van der Waals surface area (Å²) in [5.74, 6) is 2.72. The Morgan fingerprint density at radius 1 is 1.08 bits per heavy atom. The van der Waals surface area contributed by atoms with Crippen LogP contribution in [0.1, 0.15) is 65.1 Å². The van der Waals surface area contributed by atoms with Gasteiger partial charge in [0.1, 0.15) is 11.6 Å². The fraction of sp³-hybridized carbons (Fsp3) is 0.452. The van der Waals surface area contributed by atoms with Crippen LogP contribution in [0.5, 0.6) is 5.75 Å². The second kappa shape index (κ2) is 8.23. The minimum absolute atomic E-state index is 0.0371. The summed E-state index contributed by atoms with van der Waals surface area (Å²) in [6, 6.07) is 16.4. The van der Waals surface area contributed by atoms with Crippen LogP contribution in [-0.2, 0) is 9.31 Å². The molecule has 8 heteroatoms. The lowest BCUT2D eigenvalue weighted by molar-refractivity contribution is 0.0842. The SMILES string of the molecule is CC1Oc2cc(-c3cnc(C4C5CCC(C5)N4C)[nH]3)ccc2-c2cc3cc(B4OC(C)C(C)(C)O4)ccc3n21. The highest BCUT2D eigenvalue weighted by molar-refractivity contribution is 6.62. The van der Waals surface area contributed by atoms with Crippen LogP contribution in [0.4, 0.5) is 0 Å². The Morgan fingerprint density at radius 2 is 1.95 bits per heavy atom. The first kappa shape index (κ1) is 23.8. The molecule has 1 saturated carbocycles. The smallest absolute Gasteiger partial charge is 0.470 e. The van der Waals surface area contributed by atoms with Gasteiger partial charge in [0.15, 0.2) is 6.23 Å². The van der Waals surface area contributed by atoms with Crippen molar-refractivity contribution in [2.45, 2.75) is 77.0 Å². The van der Waals surface area contributed by atoms with Gasteiger partial charge >= 0.3 is 7.12 Å². The Hall–Kier alpha value is -3.07. The molecular formula is C31H35BN4O3. The molecule has 200 valence electrons. The van der Waals surface area contributed by atoms with Crippen LogP contribution in [0.15, 0.2) is 48.7 Å². The van der Waals surface area contributed by atoms with E-state index >= 15 is 0 Å². The lowest BCUT2D eigenvalue weighted by Crippen LogP contribution is -2.34. The lowest BCUT2D eigenvalue weighted by atomic mass is 9.79. The molecule has 2 bridgehead atoms. The molecule has 4 aromatic rings. The fourth-order valence-corrected chi connectivity index (χ4v) is 7.39. The van der Waals surface area contributed by atoms with E-state index in [2.05, 4.69) is 91.7 Å². The van der Waals surface area contributed by atoms with Gasteiger partial charge in [0, 0.05) is 22.6 Å². The van der Waals surface area contributed by atoms with Gasteiger partial charge in [0.25, 0.3) is 0 Å². The van der Waals surface area contributed by atoms with Crippen LogP contribution in [0.3, 0.4) is 0 Å². The molecule has 3 aliphatic heterocycles. The average Bonchev–Trinajstić information content (AvgIpc) is 3.72. The maximum absolute atomic E-state index is 6.49. The largest absolute Gasteiger partial charge is 0.494 e. The number of likely N-dealkylation sites (tertiary alicyclic amines) is 1. The third-order valence-electron chi connectivity index (χ3n) is 9.86. The number of hydrogen-bond donors (Lipinski definition) is 1. The summed E-state index contributed by atoms with van der Waals surface area (Å²) >= 11 is 0. The van der Waals surface area contributed by atoms with Crippen LogP contribution in [0.2, 0.25) is 0 Å². The minimum atomic E-state index is -0.349. The van der Waals surface area contributed by atoms with Crippen molar-refractivity contribution in [3.8, 4) is 28.3 Å². The average molecular weight is 522 g/mol. The van der Waals surface area contributed by atoms with Crippen molar-refractivity contribution in [3.05, 3.63) is 54.5 Å². The predicted molar refractivity (Wildman–Crippen MR) is 153 cm³/mol. The Kier molecular flexibility index (Phi) is 5.02. The molecule has 0 spiro atoms. The van der Waals surface area contributed by atoms with E-state index in [9.17, 15) is 0 Å². The minimum Gasteiger partial charge on any atom is -0.470 e. The second-order valence-electron chi connectivity index (χ2n) is 12.5. The van der Waals surface area contributed by atoms with E-state index in [4.69, 9.17) is 19.0 Å². The molecule has 7 nitrogen and oxygen atoms in total. The van der Waals surface area contributed by atoms with E-state index in [-0.39, 0.29) is 25.1 Å². The van der Waals surface area contributed by atoms with Crippen LogP contribution >= 0.6 is 0 Å². The van der Waals surface area contributed by atoms with Gasteiger partial charge in [-0.2, -0.15) is 0 Å². The van der Waals surface area contributed by atoms with Crippen molar-refractivity contribution in [1.82, 2.24) is 19.4 Å². The zero-order valence-electron chi connectivity index (χ0n) is 23.3. The number of benzene rings is 2. The fourth-order valence-electron chi connectivity index (χ4n) is 7.39. The van der Waals surface area contributed by atoms with Crippen molar-refractivity contribution in [1.29, 1.82) is 0 Å². The highest BCUT2D eigenvalue weighted by atomic mass is 16.7. The highest BCUT2D eigenvalue weighted by Gasteiger charge is 2.46. The molecule has 0 amide bonds. The van der Waals surface area contributed by atoms with E-state index in [1.165, 1.54) is 25.0 Å². The Labute approximate surface area is 229 Å². The number of nitrogens with zero attached hydrogens (tertiary/aromatic N) is 3. The van der Waals surface area contributed by atoms with E-state index < -0.39 is 0 Å². The number of hydrogen-bond acceptors (Lipinski definition) is 5. The molecule has 1 N–H and O–H groups in total. The Balaban J connectivity index is 1.12. The zero-order valence-corrected chi connectivity index (χ0v) is 23.3. The van der Waals surface area contributed by atoms with E-state index in [0.29, 0.717) is 12.1 Å². The van der Waals surface area contributed by atoms with Gasteiger partial charge in [-0.05, 0) is 89.7 Å². The number of H-pyrrole nitrogens is 1. The molecule has 5 unspecified atom stereocenters. The summed E-state index contributed by atoms with van der Waals surface area (Å²) in [7, 11) is 1.90. The maximum atomic E-state index is 6.49. The summed E-state index contributed by atoms with van der Waals surface area (Å²) in [5.41, 5.74) is 6.30. The van der Waals surface area contributed by atoms with Gasteiger partial charge in [-0.3, -0.25) is 4.90 Å². The van der Waals surface area contributed by atoms with Gasteiger partial charge in [-0.25, -0.2) is 4.98 Å². The van der Waals surface area contributed by atoms with Crippen molar-refractivity contribution < 1.29 is 14.0 Å². The van der Waals surface area contributed by atoms with E-state index in [1.807, 2.05) is 6.20 Å². The summed E-state index contributed by atoms with van der Waals surface area (Å²) < 4.78 is 21.1. The van der Waals surface area contributed by atoms with Crippen LogP contribution in [0.25, 0.3) is 33.4 Å². The number of piperidine rings is 1. The molecule has 2 saturated heterocycles. The van der Waals surface area contributed by atoms with Crippen molar-refractivity contribution in [3.63, 3.8) is 0 Å². The van der Waals surface area contributed by atoms with Gasteiger partial charge in [-0.15, -0.1) is 0 Å². The van der Waals surface area contributed by atoms with Gasteiger partial charge in [-0.1, -0.05) is 18.2 Å². The Morgan fingerprint density at radius 3 is 2.72 bits per heavy atom. The summed E-state index contributed by atoms with van der Waals surface area (Å²) in [6.45, 7) is 8.34. The van der Waals surface area contributed by atoms with Gasteiger partial charge < -0.3 is 23.6 Å². The first-order valence-electron chi connectivity index (χ1n) is 14.3. The third-order valence-corrected chi connectivity index (χ3v) is 9.86. The first-order chi connectivity index (χ1) is 18.8. The summed E-state index contributed by atoms with van der Waals surface area (Å²) in [6.07, 6.45) is 5.84. The van der Waals surface area contributed by atoms with Gasteiger partial charge in [0.2, 0.25) is 0 Å². The third kappa shape index (κ3) is 3.51. The van der Waals surface area contributed by atoms with E-state index in [1.54, 1.807) is 0 Å². The first-order valence-corrected chi connectivity index (χ1v) is 14.3. The summed E-state index contributed by atoms with van der Waals surface area (Å²) in [5, 5.41) is 1.16. The van der Waals surface area contributed by atoms with E-state index in [0.717, 1.165) is 50.7 Å². The molecule has 39 heavy (non-hydrogen) atoms. The molecule has 8 rings (SSSR count). The summed E-state index contributed by atoms with van der Waals surface area (Å²) in [4.78, 5) is 11.0. The van der Waals surface area contributed by atoms with Crippen LogP contribution < -0.4 is 10.2 Å². The molecule has 0 radical (unpaired) electrons. The molecule has 5 atom stereocenters. The van der Waals surface area contributed by atoms with Gasteiger partial charge in [0.05, 0.1) is 40.8 Å². The van der Waals surface area contributed by atoms with Crippen molar-refractivity contribution in [2.75, 3.05) is 7.05 Å². The number of aromatic amines is 1. The quantitative estimate of drug-likeness (QED) is 0.351. The van der Waals surface area contributed by atoms with Crippen LogP contribution in [0, 0.1) is 5.92 Å². The highest BCUT2D eigenvalue weighted by Crippen LogP contribution is 2.49. The number of nitrogens with one attached hydrogen (secondary N) is 1. The second-order valence-corrected chi connectivity index (χ2v) is 12.5. The number of rotatable bonds is 3. The van der Waals surface area contributed by atoms with Crippen molar-refractivity contribution in [2.24, 2.45) is 5.92 Å². The standard InChI is InChI=1S/C31H35BN4O3/c1-17-31(3,4)39-32(38-17)22-8-11-26-21(12-22)14-27-24-10-7-19(15-28(24)37-18(2)36(26)27)25-16-33-30(34-25)29-20-6-9-23(13-20)35(29)5/h7-8,10-12,14-18,20,23,29H,6,9,13H2,1-5H3,(H,33,34). The number of aromatic nitrogens is 3. The normalized spacial score (nSPS) is 29.2. The molecule has 2 aromatic heterocycles. The molecule has 1 aliphatic carbocycles. The number of ether oxygens (including phenoxy) is 1. The topological polar surface area (TPSA) is 64.5 Å². The Bertz CT molecular complexity index is 1610. The molecule has 5 heterocycles. The monoisotopic (exact) mass is 522 g/mol. The number of imidazole rings is 1. The number of fused-ring (bicyclic) bond motifs is 7. The molecule has 4 aliphatic rings. The van der Waals surface area contributed by atoms with Crippen LogP contribution in [-0.4, -0.2) is 51.3 Å². The zero-order chi connectivity index (χ0) is 26.6. The van der Waals surface area contributed by atoms with Crippen molar-refractivity contribution >= 4 is 23.5 Å². The maximum Gasteiger partial charge on any atom is 0.494 e.